The van der Waals surface area contributed by atoms with Crippen LogP contribution in [0.5, 0.6) is 0 Å². The molecule has 0 saturated carbocycles. The van der Waals surface area contributed by atoms with Crippen LogP contribution < -0.4 is 5.32 Å². The minimum Gasteiger partial charge on any atom is -0.450 e. The monoisotopic (exact) mass is 297 g/mol. The van der Waals surface area contributed by atoms with Crippen LogP contribution in [0, 0.1) is 20.8 Å². The molecule has 0 unspecified atom stereocenters. The van der Waals surface area contributed by atoms with Gasteiger partial charge in [-0.2, -0.15) is 0 Å². The summed E-state index contributed by atoms with van der Waals surface area (Å²) >= 11 is 0. The maximum Gasteiger partial charge on any atom is 0.287 e. The van der Waals surface area contributed by atoms with Crippen molar-refractivity contribution in [1.82, 2.24) is 14.9 Å². The predicted molar refractivity (Wildman–Crippen MR) is 84.8 cm³/mol. The fraction of sp³-hybridized carbons (Fsp3) is 0.294. The first-order valence-corrected chi connectivity index (χ1v) is 7.22. The molecule has 0 spiro atoms. The van der Waals surface area contributed by atoms with Gasteiger partial charge in [0, 0.05) is 30.4 Å². The van der Waals surface area contributed by atoms with E-state index in [-0.39, 0.29) is 5.91 Å². The van der Waals surface area contributed by atoms with Gasteiger partial charge in [0.05, 0.1) is 6.54 Å². The highest BCUT2D eigenvalue weighted by atomic mass is 16.3. The summed E-state index contributed by atoms with van der Waals surface area (Å²) in [6.45, 7) is 6.31. The minimum atomic E-state index is -0.212. The van der Waals surface area contributed by atoms with Gasteiger partial charge < -0.3 is 14.3 Å². The van der Waals surface area contributed by atoms with Crippen LogP contribution in [-0.2, 0) is 13.6 Å². The lowest BCUT2D eigenvalue weighted by molar-refractivity contribution is 0.0923. The molecule has 1 amide bonds. The van der Waals surface area contributed by atoms with Gasteiger partial charge in [0.2, 0.25) is 0 Å². The number of benzene rings is 1. The molecule has 3 aromatic rings. The third kappa shape index (κ3) is 2.28. The standard InChI is InChI=1S/C17H19N3O2/c1-10-5-6-11(2)15-14(10)12(3)16(22-15)17(21)19-9-13-18-7-8-20(13)4/h5-8H,9H2,1-4H3,(H,19,21). The zero-order valence-electron chi connectivity index (χ0n) is 13.2. The Morgan fingerprint density at radius 2 is 2.00 bits per heavy atom. The minimum absolute atomic E-state index is 0.212. The summed E-state index contributed by atoms with van der Waals surface area (Å²) in [6.07, 6.45) is 3.56. The number of carbonyl (C=O) groups is 1. The van der Waals surface area contributed by atoms with Crippen molar-refractivity contribution in [3.05, 3.63) is 52.8 Å². The van der Waals surface area contributed by atoms with E-state index in [1.165, 1.54) is 0 Å². The third-order valence-electron chi connectivity index (χ3n) is 4.02. The number of fused-ring (bicyclic) bond motifs is 1. The lowest BCUT2D eigenvalue weighted by Crippen LogP contribution is -2.24. The van der Waals surface area contributed by atoms with Gasteiger partial charge in [0.1, 0.15) is 11.4 Å². The van der Waals surface area contributed by atoms with E-state index in [9.17, 15) is 4.79 Å². The highest BCUT2D eigenvalue weighted by Gasteiger charge is 2.20. The molecule has 0 aliphatic rings. The highest BCUT2D eigenvalue weighted by molar-refractivity contribution is 6.00. The normalized spacial score (nSPS) is 11.1. The zero-order chi connectivity index (χ0) is 15.9. The number of aryl methyl sites for hydroxylation is 4. The Morgan fingerprint density at radius 3 is 2.64 bits per heavy atom. The SMILES string of the molecule is Cc1ccc(C)c2c(C)c(C(=O)NCc3nccn3C)oc12. The Balaban J connectivity index is 1.91. The molecule has 114 valence electrons. The van der Waals surface area contributed by atoms with Crippen molar-refractivity contribution in [2.24, 2.45) is 7.05 Å². The average molecular weight is 297 g/mol. The van der Waals surface area contributed by atoms with Gasteiger partial charge in [-0.15, -0.1) is 0 Å². The van der Waals surface area contributed by atoms with E-state index < -0.39 is 0 Å². The number of imidazole rings is 1. The number of amides is 1. The van der Waals surface area contributed by atoms with Crippen molar-refractivity contribution in [3.63, 3.8) is 0 Å². The first-order valence-electron chi connectivity index (χ1n) is 7.22. The Morgan fingerprint density at radius 1 is 1.27 bits per heavy atom. The van der Waals surface area contributed by atoms with Crippen molar-refractivity contribution in [3.8, 4) is 0 Å². The molecular weight excluding hydrogens is 278 g/mol. The second-order valence-corrected chi connectivity index (χ2v) is 5.60. The lowest BCUT2D eigenvalue weighted by Gasteiger charge is -2.04. The molecule has 0 saturated heterocycles. The summed E-state index contributed by atoms with van der Waals surface area (Å²) in [7, 11) is 1.90. The van der Waals surface area contributed by atoms with E-state index in [4.69, 9.17) is 4.42 Å². The van der Waals surface area contributed by atoms with Crippen LogP contribution in [0.1, 0.15) is 33.1 Å². The fourth-order valence-electron chi connectivity index (χ4n) is 2.70. The number of nitrogens with one attached hydrogen (secondary N) is 1. The van der Waals surface area contributed by atoms with E-state index >= 15 is 0 Å². The molecule has 3 rings (SSSR count). The van der Waals surface area contributed by atoms with Gasteiger partial charge in [0.25, 0.3) is 5.91 Å². The number of nitrogens with zero attached hydrogens (tertiary/aromatic N) is 2. The zero-order valence-corrected chi connectivity index (χ0v) is 13.2. The van der Waals surface area contributed by atoms with Crippen molar-refractivity contribution in [1.29, 1.82) is 0 Å². The molecule has 5 nitrogen and oxygen atoms in total. The summed E-state index contributed by atoms with van der Waals surface area (Å²) in [6, 6.07) is 4.06. The maximum atomic E-state index is 12.4. The molecule has 0 radical (unpaired) electrons. The molecular formula is C17H19N3O2. The van der Waals surface area contributed by atoms with Crippen molar-refractivity contribution < 1.29 is 9.21 Å². The predicted octanol–water partition coefficient (Wildman–Crippen LogP) is 3.02. The number of carbonyl (C=O) groups excluding carboxylic acids is 1. The molecule has 22 heavy (non-hydrogen) atoms. The number of rotatable bonds is 3. The fourth-order valence-corrected chi connectivity index (χ4v) is 2.70. The molecule has 1 N–H and O–H groups in total. The van der Waals surface area contributed by atoms with E-state index in [2.05, 4.69) is 16.4 Å². The lowest BCUT2D eigenvalue weighted by atomic mass is 10.0. The van der Waals surface area contributed by atoms with Crippen LogP contribution in [0.25, 0.3) is 11.0 Å². The molecule has 0 bridgehead atoms. The summed E-state index contributed by atoms with van der Waals surface area (Å²) in [4.78, 5) is 16.6. The average Bonchev–Trinajstić information content (AvgIpc) is 3.05. The quantitative estimate of drug-likeness (QED) is 0.808. The Hall–Kier alpha value is -2.56. The van der Waals surface area contributed by atoms with Gasteiger partial charge in [-0.05, 0) is 31.9 Å². The van der Waals surface area contributed by atoms with Crippen LogP contribution in [0.15, 0.2) is 28.9 Å². The number of aromatic nitrogens is 2. The molecule has 0 aliphatic heterocycles. The second-order valence-electron chi connectivity index (χ2n) is 5.60. The Kier molecular flexibility index (Phi) is 3.48. The maximum absolute atomic E-state index is 12.4. The van der Waals surface area contributed by atoms with Gasteiger partial charge >= 0.3 is 0 Å². The number of hydrogen-bond acceptors (Lipinski definition) is 3. The van der Waals surface area contributed by atoms with Crippen LogP contribution in [0.2, 0.25) is 0 Å². The first kappa shape index (κ1) is 14.4. The summed E-state index contributed by atoms with van der Waals surface area (Å²) in [5.74, 6) is 0.964. The third-order valence-corrected chi connectivity index (χ3v) is 4.02. The summed E-state index contributed by atoms with van der Waals surface area (Å²) in [5, 5.41) is 3.90. The van der Waals surface area contributed by atoms with Gasteiger partial charge in [0.15, 0.2) is 5.76 Å². The number of hydrogen-bond donors (Lipinski definition) is 1. The summed E-state index contributed by atoms with van der Waals surface area (Å²) in [5.41, 5.74) is 3.82. The van der Waals surface area contributed by atoms with Gasteiger partial charge in [-0.3, -0.25) is 4.79 Å². The van der Waals surface area contributed by atoms with Crippen LogP contribution >= 0.6 is 0 Å². The van der Waals surface area contributed by atoms with Crippen LogP contribution in [0.3, 0.4) is 0 Å². The van der Waals surface area contributed by atoms with E-state index in [1.54, 1.807) is 6.20 Å². The van der Waals surface area contributed by atoms with Gasteiger partial charge in [-0.1, -0.05) is 12.1 Å². The Labute approximate surface area is 129 Å². The Bertz CT molecular complexity index is 858. The largest absolute Gasteiger partial charge is 0.450 e. The van der Waals surface area contributed by atoms with E-state index in [1.807, 2.05) is 44.6 Å². The van der Waals surface area contributed by atoms with Crippen molar-refractivity contribution in [2.75, 3.05) is 0 Å². The molecule has 2 aromatic heterocycles. The smallest absolute Gasteiger partial charge is 0.287 e. The van der Waals surface area contributed by atoms with Crippen LogP contribution in [0.4, 0.5) is 0 Å². The number of furan rings is 1. The van der Waals surface area contributed by atoms with Crippen molar-refractivity contribution >= 4 is 16.9 Å². The van der Waals surface area contributed by atoms with Crippen molar-refractivity contribution in [2.45, 2.75) is 27.3 Å². The molecule has 0 aliphatic carbocycles. The van der Waals surface area contributed by atoms with Gasteiger partial charge in [-0.25, -0.2) is 4.98 Å². The van der Waals surface area contributed by atoms with E-state index in [0.717, 1.165) is 33.5 Å². The molecule has 2 heterocycles. The summed E-state index contributed by atoms with van der Waals surface area (Å²) < 4.78 is 7.71. The molecule has 5 heteroatoms. The topological polar surface area (TPSA) is 60.1 Å². The van der Waals surface area contributed by atoms with E-state index in [0.29, 0.717) is 12.3 Å². The van der Waals surface area contributed by atoms with Crippen LogP contribution in [-0.4, -0.2) is 15.5 Å². The molecule has 0 fully saturated rings. The first-order chi connectivity index (χ1) is 10.5. The second kappa shape index (κ2) is 5.33. The molecule has 0 atom stereocenters. The molecule has 1 aromatic carbocycles. The highest BCUT2D eigenvalue weighted by Crippen LogP contribution is 2.30.